The Balaban J connectivity index is 1.87. The molecule has 1 heterocycles. The fraction of sp³-hybridized carbons (Fsp3) is 0.238. The molecular formula is C21H20N2O9S2. The molecule has 0 radical (unpaired) electrons. The molecule has 34 heavy (non-hydrogen) atoms. The molecule has 180 valence electrons. The van der Waals surface area contributed by atoms with Crippen LogP contribution in [0.5, 0.6) is 5.75 Å². The predicted octanol–water partition coefficient (Wildman–Crippen LogP) is 3.30. The van der Waals surface area contributed by atoms with Crippen molar-refractivity contribution in [3.63, 3.8) is 0 Å². The molecule has 0 aliphatic rings. The Hall–Kier alpha value is -3.42. The summed E-state index contributed by atoms with van der Waals surface area (Å²) in [5, 5.41) is 11.7. The Bertz CT molecular complexity index is 1390. The third-order valence-electron chi connectivity index (χ3n) is 4.69. The molecule has 0 atom stereocenters. The number of esters is 1. The summed E-state index contributed by atoms with van der Waals surface area (Å²) in [5.41, 5.74) is -0.310. The number of benzene rings is 2. The first kappa shape index (κ1) is 25.2. The van der Waals surface area contributed by atoms with Crippen molar-refractivity contribution in [2.24, 2.45) is 0 Å². The smallest absolute Gasteiger partial charge is 0.343 e. The normalized spacial score (nSPS) is 11.4. The summed E-state index contributed by atoms with van der Waals surface area (Å²) in [6.45, 7) is 3.37. The average molecular weight is 509 g/mol. The van der Waals surface area contributed by atoms with E-state index < -0.39 is 38.0 Å². The number of carbonyl (C=O) groups is 1. The number of carbonyl (C=O) groups excluding carboxylic acids is 1. The molecule has 13 heteroatoms. The first-order chi connectivity index (χ1) is 16.0. The van der Waals surface area contributed by atoms with E-state index in [1.54, 1.807) is 24.3 Å². The fourth-order valence-electron chi connectivity index (χ4n) is 2.91. The summed E-state index contributed by atoms with van der Waals surface area (Å²) in [6, 6.07) is 10.2. The van der Waals surface area contributed by atoms with E-state index >= 15 is 0 Å². The van der Waals surface area contributed by atoms with Gasteiger partial charge in [-0.3, -0.25) is 19.5 Å². The van der Waals surface area contributed by atoms with Gasteiger partial charge in [0.15, 0.2) is 5.69 Å². The Morgan fingerprint density at radius 3 is 2.50 bits per heavy atom. The molecule has 1 aromatic heterocycles. The van der Waals surface area contributed by atoms with E-state index in [9.17, 15) is 28.1 Å². The minimum atomic E-state index is -4.13. The van der Waals surface area contributed by atoms with Crippen molar-refractivity contribution >= 4 is 33.5 Å². The molecule has 0 saturated heterocycles. The third kappa shape index (κ3) is 6.12. The number of aromatic nitrogens is 1. The van der Waals surface area contributed by atoms with Gasteiger partial charge >= 0.3 is 5.97 Å². The van der Waals surface area contributed by atoms with Crippen molar-refractivity contribution in [3.05, 3.63) is 85.4 Å². The van der Waals surface area contributed by atoms with Crippen molar-refractivity contribution in [1.29, 1.82) is 0 Å². The fourth-order valence-corrected chi connectivity index (χ4v) is 4.90. The van der Waals surface area contributed by atoms with Crippen molar-refractivity contribution in [3.8, 4) is 11.4 Å². The molecule has 0 unspecified atom stereocenters. The number of ether oxygens (including phenoxy) is 1. The van der Waals surface area contributed by atoms with Crippen LogP contribution in [0.25, 0.3) is 5.69 Å². The van der Waals surface area contributed by atoms with E-state index in [4.69, 9.17) is 13.8 Å². The SMILES string of the molecule is Cc1ccc(OC(=O)c2ccc(-n3oc(C)c(CSCCS(=O)(=O)O)c3=O)c([N+](=O)[O-])c2)cc1. The second-order valence-corrected chi connectivity index (χ2v) is 9.90. The van der Waals surface area contributed by atoms with E-state index in [-0.39, 0.29) is 39.8 Å². The molecule has 0 saturated carbocycles. The lowest BCUT2D eigenvalue weighted by Crippen LogP contribution is -2.17. The molecule has 3 rings (SSSR count). The highest BCUT2D eigenvalue weighted by atomic mass is 32.2. The molecule has 0 bridgehead atoms. The van der Waals surface area contributed by atoms with Gasteiger partial charge < -0.3 is 9.26 Å². The molecule has 0 fully saturated rings. The number of thioether (sulfide) groups is 1. The first-order valence-electron chi connectivity index (χ1n) is 9.78. The average Bonchev–Trinajstić information content (AvgIpc) is 3.05. The van der Waals surface area contributed by atoms with E-state index in [1.807, 2.05) is 6.92 Å². The number of rotatable bonds is 9. The van der Waals surface area contributed by atoms with Gasteiger partial charge in [0.2, 0.25) is 0 Å². The van der Waals surface area contributed by atoms with E-state index in [0.717, 1.165) is 28.1 Å². The highest BCUT2D eigenvalue weighted by Gasteiger charge is 2.25. The van der Waals surface area contributed by atoms with Crippen molar-refractivity contribution in [1.82, 2.24) is 4.74 Å². The van der Waals surface area contributed by atoms with Gasteiger partial charge in [0.25, 0.3) is 21.4 Å². The topological polar surface area (TPSA) is 159 Å². The van der Waals surface area contributed by atoms with Crippen molar-refractivity contribution in [2.75, 3.05) is 11.5 Å². The summed E-state index contributed by atoms with van der Waals surface area (Å²) in [7, 11) is -4.13. The Kier molecular flexibility index (Phi) is 7.59. The van der Waals surface area contributed by atoms with Crippen molar-refractivity contribution in [2.45, 2.75) is 19.6 Å². The van der Waals surface area contributed by atoms with Crippen LogP contribution in [0.2, 0.25) is 0 Å². The standard InChI is InChI=1S/C21H20N2O9S2/c1-13-3-6-16(7-4-13)31-21(25)15-5-8-18(19(11-15)23(26)27)22-20(24)17(14(2)32-22)12-33-9-10-34(28,29)30/h3-8,11H,9-10,12H2,1-2H3,(H,28,29,30). The largest absolute Gasteiger partial charge is 0.423 e. The van der Waals surface area contributed by atoms with Gasteiger partial charge in [0.05, 0.1) is 21.8 Å². The van der Waals surface area contributed by atoms with Crippen LogP contribution in [0.15, 0.2) is 51.8 Å². The zero-order valence-electron chi connectivity index (χ0n) is 18.1. The van der Waals surface area contributed by atoms with Gasteiger partial charge in [0, 0.05) is 17.6 Å². The maximum atomic E-state index is 12.8. The number of hydrogen-bond donors (Lipinski definition) is 1. The zero-order chi connectivity index (χ0) is 25.0. The zero-order valence-corrected chi connectivity index (χ0v) is 19.7. The first-order valence-corrected chi connectivity index (χ1v) is 12.5. The summed E-state index contributed by atoms with van der Waals surface area (Å²) < 4.78 is 41.9. The van der Waals surface area contributed by atoms with Crippen LogP contribution in [0.1, 0.15) is 27.2 Å². The molecule has 3 aromatic rings. The predicted molar refractivity (Wildman–Crippen MR) is 124 cm³/mol. The number of nitrogens with zero attached hydrogens (tertiary/aromatic N) is 2. The molecule has 1 N–H and O–H groups in total. The summed E-state index contributed by atoms with van der Waals surface area (Å²) >= 11 is 1.08. The number of nitro groups is 1. The van der Waals surface area contributed by atoms with E-state index in [1.165, 1.54) is 19.1 Å². The summed E-state index contributed by atoms with van der Waals surface area (Å²) in [6.07, 6.45) is 0. The molecule has 0 spiro atoms. The second-order valence-electron chi connectivity index (χ2n) is 7.23. The maximum Gasteiger partial charge on any atom is 0.343 e. The third-order valence-corrected chi connectivity index (χ3v) is 6.65. The van der Waals surface area contributed by atoms with Crippen LogP contribution in [-0.4, -0.2) is 40.1 Å². The van der Waals surface area contributed by atoms with Crippen LogP contribution < -0.4 is 10.3 Å². The lowest BCUT2D eigenvalue weighted by atomic mass is 10.1. The van der Waals surface area contributed by atoms with Gasteiger partial charge in [-0.2, -0.15) is 20.2 Å². The van der Waals surface area contributed by atoms with Crippen LogP contribution in [-0.2, 0) is 15.9 Å². The monoisotopic (exact) mass is 508 g/mol. The van der Waals surface area contributed by atoms with Gasteiger partial charge in [-0.05, 0) is 38.1 Å². The Morgan fingerprint density at radius 2 is 1.88 bits per heavy atom. The lowest BCUT2D eigenvalue weighted by Gasteiger charge is -2.07. The van der Waals surface area contributed by atoms with Crippen LogP contribution >= 0.6 is 11.8 Å². The molecule has 0 amide bonds. The second kappa shape index (κ2) is 10.2. The maximum absolute atomic E-state index is 12.8. The number of aryl methyl sites for hydroxylation is 2. The van der Waals surface area contributed by atoms with Gasteiger partial charge in [-0.25, -0.2) is 4.79 Å². The molecule has 2 aromatic carbocycles. The quantitative estimate of drug-likeness (QED) is 0.113. The minimum absolute atomic E-state index is 0.0425. The van der Waals surface area contributed by atoms with Gasteiger partial charge in [-0.1, -0.05) is 17.7 Å². The molecule has 0 aliphatic carbocycles. The highest BCUT2D eigenvalue weighted by molar-refractivity contribution is 7.99. The highest BCUT2D eigenvalue weighted by Crippen LogP contribution is 2.26. The molecule has 0 aliphatic heterocycles. The summed E-state index contributed by atoms with van der Waals surface area (Å²) in [5.74, 6) is -0.698. The number of hydrogen-bond acceptors (Lipinski definition) is 9. The Morgan fingerprint density at radius 1 is 1.21 bits per heavy atom. The van der Waals surface area contributed by atoms with Crippen LogP contribution in [0.3, 0.4) is 0 Å². The number of nitro benzene ring substituents is 1. The molecular weight excluding hydrogens is 488 g/mol. The van der Waals surface area contributed by atoms with E-state index in [0.29, 0.717) is 0 Å². The lowest BCUT2D eigenvalue weighted by molar-refractivity contribution is -0.384. The van der Waals surface area contributed by atoms with Crippen LogP contribution in [0.4, 0.5) is 5.69 Å². The van der Waals surface area contributed by atoms with Crippen molar-refractivity contribution < 1.29 is 31.9 Å². The minimum Gasteiger partial charge on any atom is -0.423 e. The Labute approximate surface area is 198 Å². The molecule has 11 nitrogen and oxygen atoms in total. The van der Waals surface area contributed by atoms with E-state index in [2.05, 4.69) is 0 Å². The van der Waals surface area contributed by atoms with Gasteiger partial charge in [0.1, 0.15) is 11.5 Å². The van der Waals surface area contributed by atoms with Crippen LogP contribution in [0, 0.1) is 24.0 Å². The summed E-state index contributed by atoms with van der Waals surface area (Å²) in [4.78, 5) is 36.2. The van der Waals surface area contributed by atoms with Gasteiger partial charge in [-0.15, -0.1) is 4.74 Å².